The molecule has 2 aliphatic rings. The summed E-state index contributed by atoms with van der Waals surface area (Å²) < 4.78 is 66.1. The molecule has 216 valence electrons. The van der Waals surface area contributed by atoms with E-state index in [1.54, 1.807) is 42.6 Å². The van der Waals surface area contributed by atoms with Crippen LogP contribution in [-0.2, 0) is 24.8 Å². The van der Waals surface area contributed by atoms with Crippen LogP contribution in [0.3, 0.4) is 0 Å². The molecule has 0 aliphatic carbocycles. The lowest BCUT2D eigenvalue weighted by Crippen LogP contribution is -2.47. The Kier molecular flexibility index (Phi) is 8.43. The summed E-state index contributed by atoms with van der Waals surface area (Å²) in [5.41, 5.74) is 0.361. The van der Waals surface area contributed by atoms with Crippen LogP contribution in [0, 0.1) is 0 Å². The summed E-state index contributed by atoms with van der Waals surface area (Å²) in [4.78, 5) is 4.61. The second kappa shape index (κ2) is 11.7. The summed E-state index contributed by atoms with van der Waals surface area (Å²) in [6, 6.07) is 14.8. The highest BCUT2D eigenvalue weighted by atomic mass is 32.2. The van der Waals surface area contributed by atoms with Gasteiger partial charge < -0.3 is 19.9 Å². The Morgan fingerprint density at radius 3 is 2.67 bits per heavy atom. The fraction of sp³-hybridized carbons (Fsp3) is 0.444. The highest BCUT2D eigenvalue weighted by Gasteiger charge is 2.44. The van der Waals surface area contributed by atoms with Gasteiger partial charge in [-0.25, -0.2) is 21.6 Å². The van der Waals surface area contributed by atoms with Crippen LogP contribution in [0.25, 0.3) is 10.9 Å². The summed E-state index contributed by atoms with van der Waals surface area (Å²) in [5.74, 6) is 0.348. The summed E-state index contributed by atoms with van der Waals surface area (Å²) in [6.07, 6.45) is 2.78. The standard InChI is InChI=1S/C27H34N4O7S2/c1-28-39(33,34)24-6-2-5-23(15-24)37-19-22(32)17-30-21-16-27(38-18-21)9-12-31(13-10-27)40(35,36)25-7-8-26-20(14-25)4-3-11-29-26/h2-8,11,14-15,21-22,28,30,32H,9-10,12-13,16-19H2,1H3/t21-,22-/m0/s1. The van der Waals surface area contributed by atoms with Gasteiger partial charge in [-0.2, -0.15) is 4.31 Å². The zero-order chi connectivity index (χ0) is 28.4. The van der Waals surface area contributed by atoms with Crippen LogP contribution in [0.4, 0.5) is 0 Å². The molecule has 3 heterocycles. The van der Waals surface area contributed by atoms with E-state index in [4.69, 9.17) is 9.47 Å². The van der Waals surface area contributed by atoms with Crippen molar-refractivity contribution < 1.29 is 31.4 Å². The van der Waals surface area contributed by atoms with Gasteiger partial charge in [0.1, 0.15) is 18.5 Å². The molecule has 0 unspecified atom stereocenters. The molecule has 0 radical (unpaired) electrons. The molecule has 0 saturated carbocycles. The predicted octanol–water partition coefficient (Wildman–Crippen LogP) is 1.48. The number of benzene rings is 2. The van der Waals surface area contributed by atoms with Crippen molar-refractivity contribution in [2.24, 2.45) is 0 Å². The zero-order valence-electron chi connectivity index (χ0n) is 22.2. The first-order valence-electron chi connectivity index (χ1n) is 13.2. The van der Waals surface area contributed by atoms with Gasteiger partial charge in [-0.15, -0.1) is 0 Å². The van der Waals surface area contributed by atoms with Crippen molar-refractivity contribution in [3.63, 3.8) is 0 Å². The van der Waals surface area contributed by atoms with Crippen molar-refractivity contribution in [1.82, 2.24) is 19.3 Å². The van der Waals surface area contributed by atoms with Gasteiger partial charge in [0.15, 0.2) is 0 Å². The number of aliphatic hydroxyl groups is 1. The lowest BCUT2D eigenvalue weighted by Gasteiger charge is -2.38. The summed E-state index contributed by atoms with van der Waals surface area (Å²) in [6.45, 7) is 1.49. The van der Waals surface area contributed by atoms with Crippen molar-refractivity contribution in [2.45, 2.75) is 46.8 Å². The molecule has 0 amide bonds. The Hall–Kier alpha value is -2.65. The van der Waals surface area contributed by atoms with E-state index in [1.807, 2.05) is 6.07 Å². The van der Waals surface area contributed by atoms with Gasteiger partial charge in [0.05, 0.1) is 27.5 Å². The van der Waals surface area contributed by atoms with Gasteiger partial charge in [0.2, 0.25) is 20.0 Å². The number of pyridine rings is 1. The van der Waals surface area contributed by atoms with Gasteiger partial charge in [0, 0.05) is 43.3 Å². The summed E-state index contributed by atoms with van der Waals surface area (Å²) in [7, 11) is -5.87. The number of fused-ring (bicyclic) bond motifs is 1. The van der Waals surface area contributed by atoms with E-state index in [9.17, 15) is 21.9 Å². The molecule has 1 aromatic heterocycles. The van der Waals surface area contributed by atoms with Crippen molar-refractivity contribution in [3.05, 3.63) is 60.8 Å². The molecule has 2 fully saturated rings. The fourth-order valence-electron chi connectivity index (χ4n) is 5.22. The smallest absolute Gasteiger partial charge is 0.243 e. The highest BCUT2D eigenvalue weighted by Crippen LogP contribution is 2.37. The van der Waals surface area contributed by atoms with Gasteiger partial charge in [-0.05, 0) is 62.7 Å². The van der Waals surface area contributed by atoms with Crippen LogP contribution in [0.5, 0.6) is 5.75 Å². The second-order valence-corrected chi connectivity index (χ2v) is 14.0. The van der Waals surface area contributed by atoms with E-state index in [1.165, 1.54) is 23.5 Å². The first-order chi connectivity index (χ1) is 19.1. The second-order valence-electron chi connectivity index (χ2n) is 10.2. The van der Waals surface area contributed by atoms with Crippen molar-refractivity contribution in [3.8, 4) is 5.75 Å². The lowest BCUT2D eigenvalue weighted by molar-refractivity contribution is -0.0312. The molecule has 2 aliphatic heterocycles. The van der Waals surface area contributed by atoms with Crippen LogP contribution >= 0.6 is 0 Å². The minimum absolute atomic E-state index is 0.00751. The Balaban J connectivity index is 1.09. The van der Waals surface area contributed by atoms with E-state index in [-0.39, 0.29) is 29.0 Å². The van der Waals surface area contributed by atoms with E-state index < -0.39 is 31.8 Å². The molecule has 40 heavy (non-hydrogen) atoms. The molecule has 2 saturated heterocycles. The van der Waals surface area contributed by atoms with Crippen LogP contribution in [0.2, 0.25) is 0 Å². The van der Waals surface area contributed by atoms with Crippen LogP contribution in [-0.4, -0.2) is 88.9 Å². The maximum atomic E-state index is 13.3. The van der Waals surface area contributed by atoms with Crippen LogP contribution in [0.1, 0.15) is 19.3 Å². The topological polar surface area (TPSA) is 147 Å². The maximum absolute atomic E-state index is 13.3. The van der Waals surface area contributed by atoms with Crippen LogP contribution in [0.15, 0.2) is 70.6 Å². The fourth-order valence-corrected chi connectivity index (χ4v) is 7.47. The van der Waals surface area contributed by atoms with Crippen molar-refractivity contribution in [2.75, 3.05) is 39.9 Å². The number of nitrogens with zero attached hydrogens (tertiary/aromatic N) is 2. The molecule has 0 bridgehead atoms. The van der Waals surface area contributed by atoms with Crippen molar-refractivity contribution >= 4 is 30.9 Å². The van der Waals surface area contributed by atoms with E-state index >= 15 is 0 Å². The quantitative estimate of drug-likeness (QED) is 0.319. The number of hydrogen-bond donors (Lipinski definition) is 3. The third-order valence-electron chi connectivity index (χ3n) is 7.52. The number of sulfonamides is 2. The van der Waals surface area contributed by atoms with Crippen molar-refractivity contribution in [1.29, 1.82) is 0 Å². The molecule has 3 aromatic rings. The predicted molar refractivity (Wildman–Crippen MR) is 149 cm³/mol. The van der Waals surface area contributed by atoms with Gasteiger partial charge >= 0.3 is 0 Å². The third kappa shape index (κ3) is 6.30. The summed E-state index contributed by atoms with van der Waals surface area (Å²) >= 11 is 0. The largest absolute Gasteiger partial charge is 0.491 e. The third-order valence-corrected chi connectivity index (χ3v) is 10.8. The molecule has 11 nitrogen and oxygen atoms in total. The Labute approximate surface area is 234 Å². The number of aliphatic hydroxyl groups excluding tert-OH is 1. The van der Waals surface area contributed by atoms with E-state index in [2.05, 4.69) is 15.0 Å². The monoisotopic (exact) mass is 590 g/mol. The molecule has 13 heteroatoms. The molecular formula is C27H34N4O7S2. The highest BCUT2D eigenvalue weighted by molar-refractivity contribution is 7.89. The number of aromatic nitrogens is 1. The Morgan fingerprint density at radius 1 is 1.10 bits per heavy atom. The minimum atomic E-state index is -3.63. The molecule has 5 rings (SSSR count). The maximum Gasteiger partial charge on any atom is 0.243 e. The lowest BCUT2D eigenvalue weighted by atomic mass is 9.88. The average molecular weight is 591 g/mol. The first-order valence-corrected chi connectivity index (χ1v) is 16.1. The molecule has 2 aromatic carbocycles. The van der Waals surface area contributed by atoms with Gasteiger partial charge in [-0.3, -0.25) is 4.98 Å². The molecular weight excluding hydrogens is 556 g/mol. The SMILES string of the molecule is CNS(=O)(=O)c1cccc(OC[C@@H](O)CN[C@@H]2COC3(CCN(S(=O)(=O)c4ccc5ncccc5c4)CC3)C2)c1. The number of nitrogens with one attached hydrogen (secondary N) is 2. The minimum Gasteiger partial charge on any atom is -0.491 e. The first kappa shape index (κ1) is 28.9. The van der Waals surface area contributed by atoms with E-state index in [0.717, 1.165) is 17.3 Å². The summed E-state index contributed by atoms with van der Waals surface area (Å²) in [5, 5.41) is 14.5. The Bertz CT molecular complexity index is 1560. The van der Waals surface area contributed by atoms with Crippen LogP contribution < -0.4 is 14.8 Å². The molecule has 1 spiro atoms. The molecule has 2 atom stereocenters. The van der Waals surface area contributed by atoms with Gasteiger partial charge in [0.25, 0.3) is 0 Å². The molecule has 3 N–H and O–H groups in total. The number of ether oxygens (including phenoxy) is 2. The van der Waals surface area contributed by atoms with E-state index in [0.29, 0.717) is 38.3 Å². The zero-order valence-corrected chi connectivity index (χ0v) is 23.8. The Morgan fingerprint density at radius 2 is 1.90 bits per heavy atom. The number of hydrogen-bond acceptors (Lipinski definition) is 9. The number of rotatable bonds is 10. The average Bonchev–Trinajstić information content (AvgIpc) is 3.37. The normalized spacial score (nSPS) is 20.6. The van der Waals surface area contributed by atoms with Gasteiger partial charge in [-0.1, -0.05) is 12.1 Å². The number of piperidine rings is 1.